The number of rotatable bonds is 17. The number of carbonyl (C=O) groups is 5. The van der Waals surface area contributed by atoms with Crippen LogP contribution in [0.4, 0.5) is 0 Å². The molecule has 6 rings (SSSR count). The maximum absolute atomic E-state index is 14.0. The Hall–Kier alpha value is -6.73. The van der Waals surface area contributed by atoms with Crippen LogP contribution in [0.2, 0.25) is 0 Å². The van der Waals surface area contributed by atoms with Crippen molar-refractivity contribution in [3.8, 4) is 0 Å². The van der Waals surface area contributed by atoms with Gasteiger partial charge in [-0.2, -0.15) is 0 Å². The highest BCUT2D eigenvalue weighted by Gasteiger charge is 2.31. The highest BCUT2D eigenvalue weighted by Crippen LogP contribution is 2.21. The summed E-state index contributed by atoms with van der Waals surface area (Å²) >= 11 is 0. The van der Waals surface area contributed by atoms with Crippen LogP contribution in [0.5, 0.6) is 0 Å². The highest BCUT2D eigenvalue weighted by atomic mass is 16.4. The molecule has 0 unspecified atom stereocenters. The third kappa shape index (κ3) is 9.87. The van der Waals surface area contributed by atoms with E-state index in [9.17, 15) is 29.1 Å². The lowest BCUT2D eigenvalue weighted by Gasteiger charge is -2.25. The molecule has 0 aliphatic rings. The van der Waals surface area contributed by atoms with E-state index >= 15 is 0 Å². The normalized spacial score (nSPS) is 13.9. The number of hydrogen-bond acceptors (Lipinski definition) is 6. The molecule has 13 nitrogen and oxygen atoms in total. The van der Waals surface area contributed by atoms with Crippen molar-refractivity contribution < 1.29 is 29.1 Å². The van der Waals surface area contributed by atoms with Crippen molar-refractivity contribution >= 4 is 51.4 Å². The van der Waals surface area contributed by atoms with Crippen LogP contribution in [0.15, 0.2) is 122 Å². The number of para-hydroxylation sites is 2. The molecular formula is C43H45N7O6. The molecular weight excluding hydrogens is 711 g/mol. The van der Waals surface area contributed by atoms with E-state index in [2.05, 4.69) is 31.2 Å². The zero-order chi connectivity index (χ0) is 39.6. The molecule has 0 radical (unpaired) electrons. The fourth-order valence-corrected chi connectivity index (χ4v) is 6.70. The third-order valence-corrected chi connectivity index (χ3v) is 9.75. The van der Waals surface area contributed by atoms with Gasteiger partial charge in [-0.25, -0.2) is 4.79 Å². The van der Waals surface area contributed by atoms with Crippen LogP contribution in [0.1, 0.15) is 29.2 Å². The predicted molar refractivity (Wildman–Crippen MR) is 213 cm³/mol. The Morgan fingerprint density at radius 3 is 1.52 bits per heavy atom. The van der Waals surface area contributed by atoms with E-state index in [1.807, 2.05) is 109 Å². The van der Waals surface area contributed by atoms with Crippen molar-refractivity contribution in [2.24, 2.45) is 5.73 Å². The molecule has 2 aromatic heterocycles. The van der Waals surface area contributed by atoms with Crippen LogP contribution < -0.4 is 27.0 Å². The zero-order valence-corrected chi connectivity index (χ0v) is 30.8. The number of nitrogens with one attached hydrogen (secondary N) is 6. The summed E-state index contributed by atoms with van der Waals surface area (Å²) in [5, 5.41) is 22.7. The van der Waals surface area contributed by atoms with Gasteiger partial charge in [-0.3, -0.25) is 19.2 Å². The summed E-state index contributed by atoms with van der Waals surface area (Å²) in [4.78, 5) is 73.5. The van der Waals surface area contributed by atoms with E-state index in [4.69, 9.17) is 5.73 Å². The first-order valence-electron chi connectivity index (χ1n) is 18.4. The number of benzene rings is 4. The van der Waals surface area contributed by atoms with Gasteiger partial charge in [0.25, 0.3) is 0 Å². The second-order valence-corrected chi connectivity index (χ2v) is 13.9. The zero-order valence-electron chi connectivity index (χ0n) is 30.8. The van der Waals surface area contributed by atoms with Crippen molar-refractivity contribution in [1.82, 2.24) is 31.2 Å². The molecule has 0 aliphatic carbocycles. The topological polar surface area (TPSA) is 211 Å². The monoisotopic (exact) mass is 755 g/mol. The molecule has 4 amide bonds. The Morgan fingerprint density at radius 2 is 0.964 bits per heavy atom. The lowest BCUT2D eigenvalue weighted by molar-refractivity contribution is -0.142. The number of aromatic nitrogens is 2. The lowest BCUT2D eigenvalue weighted by Crippen LogP contribution is -2.58. The van der Waals surface area contributed by atoms with Gasteiger partial charge >= 0.3 is 5.97 Å². The fraction of sp³-hybridized carbons (Fsp3) is 0.233. The van der Waals surface area contributed by atoms with Crippen molar-refractivity contribution in [2.75, 3.05) is 0 Å². The molecule has 0 saturated heterocycles. The Labute approximate surface area is 323 Å². The van der Waals surface area contributed by atoms with Crippen molar-refractivity contribution in [3.05, 3.63) is 144 Å². The molecule has 0 spiro atoms. The number of aliphatic carboxylic acids is 1. The Morgan fingerprint density at radius 1 is 0.536 bits per heavy atom. The third-order valence-electron chi connectivity index (χ3n) is 9.75. The second kappa shape index (κ2) is 18.1. The van der Waals surface area contributed by atoms with Crippen molar-refractivity contribution in [3.63, 3.8) is 0 Å². The molecule has 6 aromatic rings. The number of carboxylic acids is 1. The number of fused-ring (bicyclic) bond motifs is 2. The molecule has 9 N–H and O–H groups in total. The van der Waals surface area contributed by atoms with Crippen LogP contribution in [-0.2, 0) is 49.7 Å². The summed E-state index contributed by atoms with van der Waals surface area (Å²) < 4.78 is 0. The van der Waals surface area contributed by atoms with Gasteiger partial charge in [-0.15, -0.1) is 0 Å². The quantitative estimate of drug-likeness (QED) is 0.0696. The standard InChI is InChI=1S/C43H45N7O6/c1-26(47-41(53)36(21-28-14-6-3-7-15-28)49-40(52)33(44)20-27-12-4-2-5-13-27)39(51)48-37(22-29-24-45-34-18-10-8-16-31(29)34)42(54)50-38(43(55)56)23-30-25-46-35-19-11-9-17-32(30)35/h2-19,24-26,33,36-38,45-46H,20-23,44H2,1H3,(H,47,53)(H,48,51)(H,49,52)(H,50,54)(H,55,56)/t26-,33-,36-,37-,38-/m0/s1. The number of amides is 4. The first-order chi connectivity index (χ1) is 27.0. The SMILES string of the molecule is C[C@H](NC(=O)[C@H](Cc1ccccc1)NC(=O)[C@@H](N)Cc1ccccc1)C(=O)N[C@@H](Cc1c[nH]c2ccccc12)C(=O)N[C@@H](Cc1c[nH]c2ccccc12)C(=O)O. The summed E-state index contributed by atoms with van der Waals surface area (Å²) in [5.74, 6) is -3.79. The summed E-state index contributed by atoms with van der Waals surface area (Å²) in [6.45, 7) is 1.47. The van der Waals surface area contributed by atoms with E-state index in [0.29, 0.717) is 5.56 Å². The number of hydrogen-bond donors (Lipinski definition) is 8. The average Bonchev–Trinajstić information content (AvgIpc) is 3.81. The van der Waals surface area contributed by atoms with Crippen LogP contribution in [0.3, 0.4) is 0 Å². The van der Waals surface area contributed by atoms with Crippen LogP contribution >= 0.6 is 0 Å². The molecule has 13 heteroatoms. The minimum absolute atomic E-state index is 0.00513. The van der Waals surface area contributed by atoms with Gasteiger partial charge in [0, 0.05) is 53.5 Å². The average molecular weight is 756 g/mol. The number of carbonyl (C=O) groups excluding carboxylic acids is 4. The van der Waals surface area contributed by atoms with Crippen molar-refractivity contribution in [2.45, 2.75) is 62.8 Å². The van der Waals surface area contributed by atoms with Gasteiger partial charge in [0.2, 0.25) is 23.6 Å². The molecule has 5 atom stereocenters. The Balaban J connectivity index is 1.17. The molecule has 0 bridgehead atoms. The predicted octanol–water partition coefficient (Wildman–Crippen LogP) is 3.29. The smallest absolute Gasteiger partial charge is 0.326 e. The largest absolute Gasteiger partial charge is 0.480 e. The van der Waals surface area contributed by atoms with E-state index in [1.165, 1.54) is 6.92 Å². The molecule has 288 valence electrons. The van der Waals surface area contributed by atoms with E-state index in [1.54, 1.807) is 12.4 Å². The molecule has 0 fully saturated rings. The molecule has 2 heterocycles. The van der Waals surface area contributed by atoms with Gasteiger partial charge in [0.1, 0.15) is 24.2 Å². The van der Waals surface area contributed by atoms with Gasteiger partial charge in [0.15, 0.2) is 0 Å². The minimum atomic E-state index is -1.31. The summed E-state index contributed by atoms with van der Waals surface area (Å²) in [6.07, 6.45) is 3.86. The van der Waals surface area contributed by atoms with E-state index < -0.39 is 59.8 Å². The summed E-state index contributed by atoms with van der Waals surface area (Å²) in [6, 6.07) is 27.6. The first kappa shape index (κ1) is 39.0. The van der Waals surface area contributed by atoms with E-state index in [0.717, 1.165) is 38.5 Å². The van der Waals surface area contributed by atoms with Gasteiger partial charge < -0.3 is 42.1 Å². The highest BCUT2D eigenvalue weighted by molar-refractivity contribution is 5.96. The second-order valence-electron chi connectivity index (χ2n) is 13.9. The minimum Gasteiger partial charge on any atom is -0.480 e. The number of nitrogens with two attached hydrogens (primary N) is 1. The molecule has 0 saturated carbocycles. The number of H-pyrrole nitrogens is 2. The van der Waals surface area contributed by atoms with Gasteiger partial charge in [0.05, 0.1) is 6.04 Å². The summed E-state index contributed by atoms with van der Waals surface area (Å²) in [5.41, 5.74) is 11.0. The Kier molecular flexibility index (Phi) is 12.6. The number of carboxylic acid groups (broad SMARTS) is 1. The van der Waals surface area contributed by atoms with Gasteiger partial charge in [-0.1, -0.05) is 97.1 Å². The maximum Gasteiger partial charge on any atom is 0.326 e. The lowest BCUT2D eigenvalue weighted by atomic mass is 10.0. The first-order valence-corrected chi connectivity index (χ1v) is 18.4. The van der Waals surface area contributed by atoms with E-state index in [-0.39, 0.29) is 25.7 Å². The number of aromatic amines is 2. The molecule has 0 aliphatic heterocycles. The van der Waals surface area contributed by atoms with Crippen LogP contribution in [-0.4, -0.2) is 74.9 Å². The molecule has 4 aromatic carbocycles. The van der Waals surface area contributed by atoms with Crippen LogP contribution in [0, 0.1) is 0 Å². The van der Waals surface area contributed by atoms with Gasteiger partial charge in [-0.05, 0) is 47.7 Å². The Bertz CT molecular complexity index is 2310. The fourth-order valence-electron chi connectivity index (χ4n) is 6.70. The van der Waals surface area contributed by atoms with Crippen molar-refractivity contribution in [1.29, 1.82) is 0 Å². The maximum atomic E-state index is 14.0. The summed E-state index contributed by atoms with van der Waals surface area (Å²) in [7, 11) is 0. The van der Waals surface area contributed by atoms with Crippen LogP contribution in [0.25, 0.3) is 21.8 Å². The molecule has 56 heavy (non-hydrogen) atoms.